The molecule has 1 rings (SSSR count). The van der Waals surface area contributed by atoms with Crippen LogP contribution < -0.4 is 14.2 Å². The molecule has 0 aromatic heterocycles. The number of benzene rings is 1. The minimum Gasteiger partial charge on any atom is -0.493 e. The zero-order chi connectivity index (χ0) is 16.0. The van der Waals surface area contributed by atoms with Crippen molar-refractivity contribution in [3.05, 3.63) is 46.2 Å². The maximum Gasteiger partial charge on any atom is 0.243 e. The van der Waals surface area contributed by atoms with Crippen LogP contribution in [-0.4, -0.2) is 25.2 Å². The first-order chi connectivity index (χ1) is 9.92. The fourth-order valence-corrected chi connectivity index (χ4v) is 1.63. The van der Waals surface area contributed by atoms with Crippen molar-refractivity contribution < 1.29 is 19.1 Å². The number of nitro groups is 1. The van der Waals surface area contributed by atoms with E-state index in [-0.39, 0.29) is 11.8 Å². The van der Waals surface area contributed by atoms with Crippen LogP contribution in [0, 0.1) is 10.1 Å². The van der Waals surface area contributed by atoms with Crippen molar-refractivity contribution in [3.8, 4) is 17.2 Å². The van der Waals surface area contributed by atoms with E-state index in [9.17, 15) is 10.1 Å². The topological polar surface area (TPSA) is 70.8 Å². The third-order valence-electron chi connectivity index (χ3n) is 2.78. The summed E-state index contributed by atoms with van der Waals surface area (Å²) in [5.74, 6) is 1.30. The Balaban J connectivity index is 3.32. The number of rotatable bonds is 7. The van der Waals surface area contributed by atoms with Crippen molar-refractivity contribution in [2.24, 2.45) is 0 Å². The van der Waals surface area contributed by atoms with Crippen LogP contribution in [-0.2, 0) is 0 Å². The van der Waals surface area contributed by atoms with Gasteiger partial charge in [-0.1, -0.05) is 12.7 Å². The largest absolute Gasteiger partial charge is 0.493 e. The highest BCUT2D eigenvalue weighted by molar-refractivity contribution is 5.62. The minimum atomic E-state index is -0.455. The molecule has 6 nitrogen and oxygen atoms in total. The highest BCUT2D eigenvalue weighted by Crippen LogP contribution is 2.39. The fraction of sp³-hybridized carbons (Fsp3) is 0.333. The van der Waals surface area contributed by atoms with Gasteiger partial charge in [0.05, 0.1) is 19.1 Å². The van der Waals surface area contributed by atoms with E-state index < -0.39 is 4.92 Å². The Kier molecular flexibility index (Phi) is 5.78. The first-order valence-electron chi connectivity index (χ1n) is 6.30. The van der Waals surface area contributed by atoms with E-state index in [1.165, 1.54) is 27.2 Å². The molecule has 1 aromatic carbocycles. The first kappa shape index (κ1) is 16.6. The van der Waals surface area contributed by atoms with E-state index in [0.29, 0.717) is 22.8 Å². The predicted molar refractivity (Wildman–Crippen MR) is 80.5 cm³/mol. The zero-order valence-electron chi connectivity index (χ0n) is 12.6. The van der Waals surface area contributed by atoms with Crippen molar-refractivity contribution in [1.82, 2.24) is 0 Å². The highest BCUT2D eigenvalue weighted by atomic mass is 16.6. The van der Waals surface area contributed by atoms with Crippen LogP contribution in [0.3, 0.4) is 0 Å². The van der Waals surface area contributed by atoms with E-state index >= 15 is 0 Å². The van der Waals surface area contributed by atoms with Gasteiger partial charge >= 0.3 is 0 Å². The third-order valence-corrected chi connectivity index (χ3v) is 2.78. The van der Waals surface area contributed by atoms with Gasteiger partial charge in [0, 0.05) is 13.0 Å². The Morgan fingerprint density at radius 2 is 1.86 bits per heavy atom. The number of methoxy groups -OCH3 is 2. The molecule has 0 N–H and O–H groups in total. The molecule has 0 bridgehead atoms. The normalized spacial score (nSPS) is 12.5. The van der Waals surface area contributed by atoms with Gasteiger partial charge in [-0.15, -0.1) is 0 Å². The van der Waals surface area contributed by atoms with Crippen LogP contribution in [0.4, 0.5) is 0 Å². The molecule has 0 fully saturated rings. The smallest absolute Gasteiger partial charge is 0.243 e. The number of nitrogens with zero attached hydrogens (tertiary/aromatic N) is 1. The lowest BCUT2D eigenvalue weighted by Crippen LogP contribution is -2.09. The molecule has 6 heteroatoms. The van der Waals surface area contributed by atoms with Crippen LogP contribution in [0.5, 0.6) is 17.2 Å². The van der Waals surface area contributed by atoms with Crippen LogP contribution in [0.1, 0.15) is 19.4 Å². The van der Waals surface area contributed by atoms with Crippen molar-refractivity contribution in [1.29, 1.82) is 0 Å². The van der Waals surface area contributed by atoms with Gasteiger partial charge in [-0.2, -0.15) is 0 Å². The molecule has 0 aliphatic carbocycles. The maximum atomic E-state index is 10.7. The second kappa shape index (κ2) is 7.33. The van der Waals surface area contributed by atoms with E-state index in [0.717, 1.165) is 0 Å². The molecule has 0 saturated heterocycles. The molecule has 1 atom stereocenters. The highest BCUT2D eigenvalue weighted by Gasteiger charge is 2.16. The molecule has 0 amide bonds. The molecule has 0 radical (unpaired) electrons. The molecule has 0 heterocycles. The average Bonchev–Trinajstić information content (AvgIpc) is 2.47. The van der Waals surface area contributed by atoms with Gasteiger partial charge in [0.15, 0.2) is 11.5 Å². The third kappa shape index (κ3) is 4.24. The van der Waals surface area contributed by atoms with E-state index in [2.05, 4.69) is 6.58 Å². The summed E-state index contributed by atoms with van der Waals surface area (Å²) in [6, 6.07) is 3.31. The molecular formula is C15H19NO5. The first-order valence-corrected chi connectivity index (χ1v) is 6.30. The van der Waals surface area contributed by atoms with Gasteiger partial charge in [0.2, 0.25) is 11.4 Å². The summed E-state index contributed by atoms with van der Waals surface area (Å²) >= 11 is 0. The molecule has 1 unspecified atom stereocenters. The van der Waals surface area contributed by atoms with Crippen molar-refractivity contribution in [2.75, 3.05) is 14.2 Å². The van der Waals surface area contributed by atoms with Crippen molar-refractivity contribution in [2.45, 2.75) is 20.0 Å². The summed E-state index contributed by atoms with van der Waals surface area (Å²) in [6.45, 7) is 6.90. The lowest BCUT2D eigenvalue weighted by atomic mass is 10.1. The van der Waals surface area contributed by atoms with E-state index in [1.54, 1.807) is 18.2 Å². The Morgan fingerprint density at radius 3 is 2.24 bits per heavy atom. The summed E-state index contributed by atoms with van der Waals surface area (Å²) in [7, 11) is 2.99. The van der Waals surface area contributed by atoms with Gasteiger partial charge in [0.1, 0.15) is 6.10 Å². The summed E-state index contributed by atoms with van der Waals surface area (Å²) in [5.41, 5.74) is 0.615. The lowest BCUT2D eigenvalue weighted by Gasteiger charge is -2.17. The van der Waals surface area contributed by atoms with Gasteiger partial charge in [-0.3, -0.25) is 10.1 Å². The van der Waals surface area contributed by atoms with Crippen molar-refractivity contribution >= 4 is 6.08 Å². The van der Waals surface area contributed by atoms with Crippen LogP contribution in [0.25, 0.3) is 6.08 Å². The molecule has 0 spiro atoms. The van der Waals surface area contributed by atoms with Gasteiger partial charge in [-0.05, 0) is 24.6 Å². The van der Waals surface area contributed by atoms with Crippen molar-refractivity contribution in [3.63, 3.8) is 0 Å². The summed E-state index contributed by atoms with van der Waals surface area (Å²) in [5, 5.41) is 10.7. The molecule has 1 aromatic rings. The minimum absolute atomic E-state index is 0.0206. The quantitative estimate of drug-likeness (QED) is 0.438. The SMILES string of the molecule is C=CC(C)Oc1c(OC)cc(C=C(C)[N+](=O)[O-])cc1OC. The number of hydrogen-bond donors (Lipinski definition) is 0. The van der Waals surface area contributed by atoms with Gasteiger partial charge in [0.25, 0.3) is 0 Å². The molecule has 0 saturated carbocycles. The lowest BCUT2D eigenvalue weighted by molar-refractivity contribution is -0.422. The van der Waals surface area contributed by atoms with E-state index in [4.69, 9.17) is 14.2 Å². The summed E-state index contributed by atoms with van der Waals surface area (Å²) < 4.78 is 16.2. The summed E-state index contributed by atoms with van der Waals surface area (Å²) in [4.78, 5) is 10.2. The second-order valence-corrected chi connectivity index (χ2v) is 4.36. The second-order valence-electron chi connectivity index (χ2n) is 4.36. The molecule has 0 aliphatic rings. The van der Waals surface area contributed by atoms with Crippen LogP contribution in [0.2, 0.25) is 0 Å². The van der Waals surface area contributed by atoms with Gasteiger partial charge in [-0.25, -0.2) is 0 Å². The molecule has 21 heavy (non-hydrogen) atoms. The van der Waals surface area contributed by atoms with E-state index in [1.807, 2.05) is 6.92 Å². The Bertz CT molecular complexity index is 540. The molecule has 0 aliphatic heterocycles. The Morgan fingerprint density at radius 1 is 1.33 bits per heavy atom. The zero-order valence-corrected chi connectivity index (χ0v) is 12.6. The maximum absolute atomic E-state index is 10.7. The number of hydrogen-bond acceptors (Lipinski definition) is 5. The molecule has 114 valence electrons. The number of ether oxygens (including phenoxy) is 3. The summed E-state index contributed by atoms with van der Waals surface area (Å²) in [6.07, 6.45) is 2.85. The standard InChI is InChI=1S/C15H19NO5/c1-6-11(3)21-15-13(19-4)8-12(9-14(15)20-5)7-10(2)16(17)18/h6-9,11H,1H2,2-5H3. The fourth-order valence-electron chi connectivity index (χ4n) is 1.63. The van der Waals surface area contributed by atoms with Crippen LogP contribution >= 0.6 is 0 Å². The molecular weight excluding hydrogens is 274 g/mol. The Hall–Kier alpha value is -2.50. The monoisotopic (exact) mass is 293 g/mol. The van der Waals surface area contributed by atoms with Crippen LogP contribution in [0.15, 0.2) is 30.5 Å². The Labute approximate surface area is 123 Å². The average molecular weight is 293 g/mol. The number of allylic oxidation sites excluding steroid dienone is 1. The predicted octanol–water partition coefficient (Wildman–Crippen LogP) is 3.29. The van der Waals surface area contributed by atoms with Gasteiger partial charge < -0.3 is 14.2 Å².